The summed E-state index contributed by atoms with van der Waals surface area (Å²) in [5, 5.41) is 0. The van der Waals surface area contributed by atoms with Crippen LogP contribution in [-0.4, -0.2) is 4.98 Å². The third-order valence-corrected chi connectivity index (χ3v) is 3.25. The van der Waals surface area contributed by atoms with Gasteiger partial charge in [-0.25, -0.2) is 0 Å². The molecule has 1 rings (SSSR count). The SMILES string of the molecule is [CH2]CC(c1ccncc1)C(C)(C)CC. The highest BCUT2D eigenvalue weighted by atomic mass is 14.6. The smallest absolute Gasteiger partial charge is 0.0270 e. The van der Waals surface area contributed by atoms with Gasteiger partial charge in [-0.15, -0.1) is 0 Å². The summed E-state index contributed by atoms with van der Waals surface area (Å²) in [6.45, 7) is 10.9. The molecule has 0 saturated heterocycles. The number of aromatic nitrogens is 1. The van der Waals surface area contributed by atoms with E-state index in [9.17, 15) is 0 Å². The van der Waals surface area contributed by atoms with Crippen LogP contribution in [0.4, 0.5) is 0 Å². The Balaban J connectivity index is 2.93. The van der Waals surface area contributed by atoms with Crippen molar-refractivity contribution >= 4 is 0 Å². The van der Waals surface area contributed by atoms with Crippen LogP contribution in [0, 0.1) is 12.3 Å². The van der Waals surface area contributed by atoms with Crippen LogP contribution in [0.1, 0.15) is 45.1 Å². The number of nitrogens with zero attached hydrogens (tertiary/aromatic N) is 1. The highest BCUT2D eigenvalue weighted by Crippen LogP contribution is 2.39. The van der Waals surface area contributed by atoms with Gasteiger partial charge in [0.05, 0.1) is 0 Å². The van der Waals surface area contributed by atoms with Gasteiger partial charge in [-0.1, -0.05) is 34.1 Å². The maximum Gasteiger partial charge on any atom is 0.0270 e. The van der Waals surface area contributed by atoms with E-state index in [1.807, 2.05) is 12.4 Å². The molecule has 0 amide bonds. The molecule has 0 fully saturated rings. The highest BCUT2D eigenvalue weighted by Gasteiger charge is 2.27. The van der Waals surface area contributed by atoms with Gasteiger partial charge in [0.2, 0.25) is 0 Å². The fourth-order valence-electron chi connectivity index (χ4n) is 1.85. The molecule has 1 nitrogen and oxygen atoms in total. The zero-order valence-electron chi connectivity index (χ0n) is 9.46. The van der Waals surface area contributed by atoms with Gasteiger partial charge < -0.3 is 0 Å². The predicted octanol–water partition coefficient (Wildman–Crippen LogP) is 3.83. The lowest BCUT2D eigenvalue weighted by molar-refractivity contribution is 0.273. The first kappa shape index (κ1) is 11.2. The number of rotatable bonds is 4. The van der Waals surface area contributed by atoms with Crippen LogP contribution >= 0.6 is 0 Å². The van der Waals surface area contributed by atoms with E-state index >= 15 is 0 Å². The fourth-order valence-corrected chi connectivity index (χ4v) is 1.85. The van der Waals surface area contributed by atoms with Gasteiger partial charge >= 0.3 is 0 Å². The Bertz CT molecular complexity index is 264. The molecule has 1 heteroatoms. The minimum absolute atomic E-state index is 0.323. The second kappa shape index (κ2) is 4.59. The highest BCUT2D eigenvalue weighted by molar-refractivity contribution is 5.18. The van der Waals surface area contributed by atoms with E-state index < -0.39 is 0 Å². The van der Waals surface area contributed by atoms with Crippen LogP contribution in [0.15, 0.2) is 24.5 Å². The molecule has 14 heavy (non-hydrogen) atoms. The zero-order chi connectivity index (χ0) is 10.6. The molecule has 0 aliphatic heterocycles. The summed E-state index contributed by atoms with van der Waals surface area (Å²) in [5.41, 5.74) is 1.69. The predicted molar refractivity (Wildman–Crippen MR) is 61.0 cm³/mol. The molecular weight excluding hydrogens is 170 g/mol. The molecular formula is C13H20N. The van der Waals surface area contributed by atoms with Gasteiger partial charge in [0.1, 0.15) is 0 Å². The molecule has 1 aromatic rings. The van der Waals surface area contributed by atoms with Crippen molar-refractivity contribution in [3.63, 3.8) is 0 Å². The van der Waals surface area contributed by atoms with Crippen LogP contribution in [0.25, 0.3) is 0 Å². The maximum absolute atomic E-state index is 4.06. The summed E-state index contributed by atoms with van der Waals surface area (Å²) in [6, 6.07) is 4.21. The van der Waals surface area contributed by atoms with E-state index in [1.165, 1.54) is 12.0 Å². The molecule has 77 valence electrons. The van der Waals surface area contributed by atoms with Crippen LogP contribution in [-0.2, 0) is 0 Å². The maximum atomic E-state index is 4.06. The summed E-state index contributed by atoms with van der Waals surface area (Å²) in [6.07, 6.45) is 5.85. The van der Waals surface area contributed by atoms with Gasteiger partial charge in [0, 0.05) is 12.4 Å². The second-order valence-corrected chi connectivity index (χ2v) is 4.46. The van der Waals surface area contributed by atoms with Gasteiger partial charge in [0.15, 0.2) is 0 Å². The van der Waals surface area contributed by atoms with Crippen molar-refractivity contribution in [2.24, 2.45) is 5.41 Å². The second-order valence-electron chi connectivity index (χ2n) is 4.46. The Morgan fingerprint density at radius 3 is 2.36 bits per heavy atom. The standard InChI is InChI=1S/C13H20N/c1-5-12(13(3,4)6-2)11-7-9-14-10-8-11/h7-10,12H,1,5-6H2,2-4H3. The van der Waals surface area contributed by atoms with Gasteiger partial charge in [-0.05, 0) is 35.4 Å². The van der Waals surface area contributed by atoms with E-state index in [2.05, 4.69) is 44.8 Å². The summed E-state index contributed by atoms with van der Waals surface area (Å²) in [7, 11) is 0. The monoisotopic (exact) mass is 190 g/mol. The molecule has 0 N–H and O–H groups in total. The normalized spacial score (nSPS) is 14.0. The number of hydrogen-bond donors (Lipinski definition) is 0. The lowest BCUT2D eigenvalue weighted by atomic mass is 9.72. The summed E-state index contributed by atoms with van der Waals surface area (Å²) in [4.78, 5) is 4.05. The van der Waals surface area contributed by atoms with E-state index in [4.69, 9.17) is 0 Å². The van der Waals surface area contributed by atoms with Crippen molar-refractivity contribution in [2.45, 2.75) is 39.5 Å². The third kappa shape index (κ3) is 2.34. The van der Waals surface area contributed by atoms with Crippen LogP contribution < -0.4 is 0 Å². The molecule has 0 aliphatic carbocycles. The Kier molecular flexibility index (Phi) is 3.68. The molecule has 0 bridgehead atoms. The molecule has 1 aromatic heterocycles. The average molecular weight is 190 g/mol. The molecule has 0 aromatic carbocycles. The van der Waals surface area contributed by atoms with Crippen molar-refractivity contribution < 1.29 is 0 Å². The lowest BCUT2D eigenvalue weighted by Crippen LogP contribution is -2.20. The quantitative estimate of drug-likeness (QED) is 0.703. The molecule has 1 atom stereocenters. The van der Waals surface area contributed by atoms with Gasteiger partial charge in [-0.3, -0.25) is 4.98 Å². The summed E-state index contributed by atoms with van der Waals surface area (Å²) in [5.74, 6) is 0.537. The van der Waals surface area contributed by atoms with E-state index in [-0.39, 0.29) is 0 Å². The molecule has 0 aliphatic rings. The van der Waals surface area contributed by atoms with E-state index in [1.54, 1.807) is 0 Å². The van der Waals surface area contributed by atoms with Gasteiger partial charge in [0.25, 0.3) is 0 Å². The first-order valence-electron chi connectivity index (χ1n) is 5.31. The van der Waals surface area contributed by atoms with Gasteiger partial charge in [-0.2, -0.15) is 0 Å². The Labute approximate surface area is 87.6 Å². The Hall–Kier alpha value is -0.850. The topological polar surface area (TPSA) is 12.9 Å². The Morgan fingerprint density at radius 2 is 1.93 bits per heavy atom. The number of hydrogen-bond acceptors (Lipinski definition) is 1. The first-order chi connectivity index (χ1) is 6.61. The zero-order valence-corrected chi connectivity index (χ0v) is 9.46. The Morgan fingerprint density at radius 1 is 1.36 bits per heavy atom. The van der Waals surface area contributed by atoms with E-state index in [0.717, 1.165) is 6.42 Å². The minimum atomic E-state index is 0.323. The van der Waals surface area contributed by atoms with Crippen molar-refractivity contribution in [3.8, 4) is 0 Å². The summed E-state index contributed by atoms with van der Waals surface area (Å²) >= 11 is 0. The van der Waals surface area contributed by atoms with E-state index in [0.29, 0.717) is 11.3 Å². The lowest BCUT2D eigenvalue weighted by Gasteiger charge is -2.33. The van der Waals surface area contributed by atoms with Crippen molar-refractivity contribution in [3.05, 3.63) is 37.0 Å². The summed E-state index contributed by atoms with van der Waals surface area (Å²) < 4.78 is 0. The molecule has 1 heterocycles. The van der Waals surface area contributed by atoms with Crippen LogP contribution in [0.5, 0.6) is 0 Å². The molecule has 1 unspecified atom stereocenters. The third-order valence-electron chi connectivity index (χ3n) is 3.25. The van der Waals surface area contributed by atoms with Crippen molar-refractivity contribution in [1.82, 2.24) is 4.98 Å². The number of pyridine rings is 1. The minimum Gasteiger partial charge on any atom is -0.265 e. The first-order valence-corrected chi connectivity index (χ1v) is 5.31. The molecule has 1 radical (unpaired) electrons. The van der Waals surface area contributed by atoms with Crippen molar-refractivity contribution in [1.29, 1.82) is 0 Å². The average Bonchev–Trinajstić information content (AvgIpc) is 2.20. The largest absolute Gasteiger partial charge is 0.265 e. The van der Waals surface area contributed by atoms with Crippen LogP contribution in [0.3, 0.4) is 0 Å². The van der Waals surface area contributed by atoms with Crippen LogP contribution in [0.2, 0.25) is 0 Å². The van der Waals surface area contributed by atoms with Crippen molar-refractivity contribution in [2.75, 3.05) is 0 Å². The molecule has 0 spiro atoms. The fraction of sp³-hybridized carbons (Fsp3) is 0.538. The molecule has 0 saturated carbocycles.